The molecule has 2 aromatic rings. The zero-order valence-electron chi connectivity index (χ0n) is 20.8. The fourth-order valence-electron chi connectivity index (χ4n) is 3.48. The van der Waals surface area contributed by atoms with Gasteiger partial charge in [0.15, 0.2) is 17.3 Å². The Hall–Kier alpha value is -5.06. The molecule has 0 saturated heterocycles. The lowest BCUT2D eigenvalue weighted by Gasteiger charge is -2.25. The Labute approximate surface area is 220 Å². The minimum atomic E-state index is -4.78. The fourth-order valence-corrected chi connectivity index (χ4v) is 3.48. The lowest BCUT2D eigenvalue weighted by Crippen LogP contribution is -2.48. The molecule has 39 heavy (non-hydrogen) atoms. The maximum absolute atomic E-state index is 13.6. The van der Waals surface area contributed by atoms with E-state index in [0.29, 0.717) is 24.5 Å². The number of carbonyl (C=O) groups excluding carboxylic acids is 2. The first kappa shape index (κ1) is 27.0. The van der Waals surface area contributed by atoms with E-state index in [-0.39, 0.29) is 52.6 Å². The third kappa shape index (κ3) is 6.09. The van der Waals surface area contributed by atoms with Gasteiger partial charge in [0.1, 0.15) is 18.0 Å². The number of alkyl halides is 3. The van der Waals surface area contributed by atoms with Crippen molar-refractivity contribution in [2.75, 3.05) is 27.2 Å². The van der Waals surface area contributed by atoms with E-state index in [1.807, 2.05) is 6.07 Å². The van der Waals surface area contributed by atoms with Gasteiger partial charge in [0.25, 0.3) is 11.8 Å². The van der Waals surface area contributed by atoms with Crippen LogP contribution in [0.15, 0.2) is 58.0 Å². The van der Waals surface area contributed by atoms with Gasteiger partial charge in [-0.25, -0.2) is 0 Å². The molecule has 4 rings (SSSR count). The normalized spacial score (nSPS) is 14.6. The lowest BCUT2D eigenvalue weighted by molar-refractivity contribution is -0.137. The second-order valence-electron chi connectivity index (χ2n) is 8.29. The Balaban J connectivity index is 1.77. The predicted molar refractivity (Wildman–Crippen MR) is 131 cm³/mol. The number of ether oxygens (including phenoxy) is 3. The van der Waals surface area contributed by atoms with E-state index in [0.717, 1.165) is 11.0 Å². The molecule has 0 fully saturated rings. The first-order valence-corrected chi connectivity index (χ1v) is 11.4. The molecule has 2 aromatic carbocycles. The highest BCUT2D eigenvalue weighted by Gasteiger charge is 2.34. The summed E-state index contributed by atoms with van der Waals surface area (Å²) in [6.45, 7) is 1.80. The molecule has 2 aliphatic rings. The highest BCUT2D eigenvalue weighted by molar-refractivity contribution is 6.13. The van der Waals surface area contributed by atoms with Crippen LogP contribution >= 0.6 is 0 Å². The molecule has 0 saturated carbocycles. The summed E-state index contributed by atoms with van der Waals surface area (Å²) in [6.07, 6.45) is -4.78. The van der Waals surface area contributed by atoms with Crippen molar-refractivity contribution in [3.05, 3.63) is 64.7 Å². The van der Waals surface area contributed by atoms with Crippen LogP contribution in [0.3, 0.4) is 0 Å². The van der Waals surface area contributed by atoms with Crippen LogP contribution in [0.4, 0.5) is 13.2 Å². The first-order valence-electron chi connectivity index (χ1n) is 11.4. The van der Waals surface area contributed by atoms with Crippen LogP contribution < -0.4 is 24.8 Å². The van der Waals surface area contributed by atoms with E-state index in [1.165, 1.54) is 32.3 Å². The van der Waals surface area contributed by atoms with Crippen LogP contribution in [-0.4, -0.2) is 55.8 Å². The van der Waals surface area contributed by atoms with Crippen molar-refractivity contribution in [2.24, 2.45) is 9.98 Å². The molecule has 2 aliphatic heterocycles. The third-order valence-electron chi connectivity index (χ3n) is 5.21. The number of nitriles is 1. The second kappa shape index (κ2) is 10.7. The maximum Gasteiger partial charge on any atom is 0.416 e. The number of benzene rings is 2. The number of carbonyl (C=O) groups is 2. The third-order valence-corrected chi connectivity index (χ3v) is 5.21. The van der Waals surface area contributed by atoms with Crippen molar-refractivity contribution in [3.63, 3.8) is 0 Å². The standard InChI is InChI=1S/C25H21F3N6O5/c1-4-37-17-6-5-13(11-29)7-18(17)39-24-32-21-20(31-19(35)12-30-21)22(33-24)38-16-9-14(23(36)34(2)3)8-15(10-16)25(26,27)28/h5-10H,4,12H2,1-3H3,(H,31,35)(H,30,32,33). The Bertz CT molecular complexity index is 1470. The summed E-state index contributed by atoms with van der Waals surface area (Å²) >= 11 is 0. The van der Waals surface area contributed by atoms with Crippen LogP contribution in [0.2, 0.25) is 0 Å². The van der Waals surface area contributed by atoms with Gasteiger partial charge < -0.3 is 24.4 Å². The van der Waals surface area contributed by atoms with E-state index in [1.54, 1.807) is 6.92 Å². The smallest absolute Gasteiger partial charge is 0.416 e. The van der Waals surface area contributed by atoms with Crippen molar-refractivity contribution in [1.82, 2.24) is 15.5 Å². The van der Waals surface area contributed by atoms with Gasteiger partial charge >= 0.3 is 12.2 Å². The van der Waals surface area contributed by atoms with Crippen LogP contribution in [0.5, 0.6) is 17.2 Å². The van der Waals surface area contributed by atoms with Crippen LogP contribution in [0, 0.1) is 11.3 Å². The Morgan fingerprint density at radius 1 is 1.13 bits per heavy atom. The molecule has 2 N–H and O–H groups in total. The van der Waals surface area contributed by atoms with Gasteiger partial charge in [0.2, 0.25) is 5.91 Å². The topological polar surface area (TPSA) is 138 Å². The van der Waals surface area contributed by atoms with E-state index < -0.39 is 23.6 Å². The number of rotatable bonds is 6. The molecule has 202 valence electrons. The maximum atomic E-state index is 13.6. The van der Waals surface area contributed by atoms with Gasteiger partial charge in [0.05, 0.1) is 23.8 Å². The summed E-state index contributed by atoms with van der Waals surface area (Å²) in [4.78, 5) is 33.9. The molecule has 11 nitrogen and oxygen atoms in total. The summed E-state index contributed by atoms with van der Waals surface area (Å²) in [6, 6.07) is 8.75. The number of halogens is 3. The average Bonchev–Trinajstić information content (AvgIpc) is 2.89. The SMILES string of the molecule is CCOc1ccc(C#N)cc1OC1=NC(Oc2cc(C(=O)N(C)C)cc(C(F)(F)F)c2)=C2NC(=O)CN=C2N1. The summed E-state index contributed by atoms with van der Waals surface area (Å²) in [5, 5.41) is 14.6. The number of hydrogen-bond acceptors (Lipinski definition) is 9. The zero-order chi connectivity index (χ0) is 28.3. The molecule has 14 heteroatoms. The van der Waals surface area contributed by atoms with Gasteiger partial charge in [-0.05, 0) is 37.3 Å². The van der Waals surface area contributed by atoms with E-state index >= 15 is 0 Å². The molecular weight excluding hydrogens is 521 g/mol. The van der Waals surface area contributed by atoms with E-state index in [2.05, 4.69) is 20.6 Å². The van der Waals surface area contributed by atoms with Crippen molar-refractivity contribution in [2.45, 2.75) is 13.1 Å². The predicted octanol–water partition coefficient (Wildman–Crippen LogP) is 2.79. The molecule has 0 unspecified atom stereocenters. The minimum absolute atomic E-state index is 0.0488. The van der Waals surface area contributed by atoms with Crippen LogP contribution in [-0.2, 0) is 11.0 Å². The molecule has 0 aliphatic carbocycles. The second-order valence-corrected chi connectivity index (χ2v) is 8.29. The van der Waals surface area contributed by atoms with Gasteiger partial charge in [-0.15, -0.1) is 0 Å². The number of fused-ring (bicyclic) bond motifs is 1. The largest absolute Gasteiger partial charge is 0.490 e. The molecule has 2 amide bonds. The Morgan fingerprint density at radius 2 is 1.90 bits per heavy atom. The van der Waals surface area contributed by atoms with Gasteiger partial charge in [-0.1, -0.05) is 0 Å². The van der Waals surface area contributed by atoms with Gasteiger partial charge in [-0.2, -0.15) is 23.4 Å². The average molecular weight is 542 g/mol. The number of nitrogens with zero attached hydrogens (tertiary/aromatic N) is 4. The van der Waals surface area contributed by atoms with Crippen molar-refractivity contribution in [1.29, 1.82) is 5.26 Å². The first-order chi connectivity index (χ1) is 18.5. The quantitative estimate of drug-likeness (QED) is 0.573. The fraction of sp³-hybridized carbons (Fsp3) is 0.240. The summed E-state index contributed by atoms with van der Waals surface area (Å²) in [7, 11) is 2.79. The summed E-state index contributed by atoms with van der Waals surface area (Å²) < 4.78 is 57.9. The van der Waals surface area contributed by atoms with Crippen molar-refractivity contribution < 1.29 is 37.0 Å². The molecule has 0 aromatic heterocycles. The Morgan fingerprint density at radius 3 is 2.56 bits per heavy atom. The van der Waals surface area contributed by atoms with E-state index in [9.17, 15) is 28.0 Å². The van der Waals surface area contributed by atoms with Gasteiger partial charge in [-0.3, -0.25) is 19.9 Å². The highest BCUT2D eigenvalue weighted by atomic mass is 19.4. The zero-order valence-corrected chi connectivity index (χ0v) is 20.8. The summed E-state index contributed by atoms with van der Waals surface area (Å²) in [5.41, 5.74) is -1.18. The van der Waals surface area contributed by atoms with E-state index in [4.69, 9.17) is 14.2 Å². The molecule has 0 atom stereocenters. The number of amides is 2. The molecule has 2 heterocycles. The van der Waals surface area contributed by atoms with Crippen LogP contribution in [0.1, 0.15) is 28.4 Å². The molecule has 0 radical (unpaired) electrons. The van der Waals surface area contributed by atoms with Gasteiger partial charge in [0, 0.05) is 25.7 Å². The number of amidine groups is 2. The van der Waals surface area contributed by atoms with Crippen molar-refractivity contribution in [3.8, 4) is 23.3 Å². The molecule has 0 bridgehead atoms. The summed E-state index contributed by atoms with van der Waals surface area (Å²) in [5.74, 6) is -1.44. The Kier molecular flexibility index (Phi) is 7.43. The molecule has 0 spiro atoms. The van der Waals surface area contributed by atoms with Crippen molar-refractivity contribution >= 4 is 23.7 Å². The monoisotopic (exact) mass is 542 g/mol. The number of nitrogens with one attached hydrogen (secondary N) is 2. The highest BCUT2D eigenvalue weighted by Crippen LogP contribution is 2.34. The number of hydrogen-bond donors (Lipinski definition) is 2. The lowest BCUT2D eigenvalue weighted by atomic mass is 10.1. The number of aliphatic imine (C=N–C) groups is 2. The van der Waals surface area contributed by atoms with Crippen LogP contribution in [0.25, 0.3) is 0 Å². The minimum Gasteiger partial charge on any atom is -0.490 e. The molecular formula is C25H21F3N6O5.